The second-order valence-corrected chi connectivity index (χ2v) is 12.5. The van der Waals surface area contributed by atoms with Crippen LogP contribution in [0.15, 0.2) is 52.2 Å². The maximum absolute atomic E-state index is 15.9. The zero-order valence-corrected chi connectivity index (χ0v) is 23.5. The van der Waals surface area contributed by atoms with E-state index in [0.717, 1.165) is 44.7 Å². The van der Waals surface area contributed by atoms with Gasteiger partial charge in [0.05, 0.1) is 18.6 Å². The fraction of sp³-hybridized carbons (Fsp3) is 0.606. The van der Waals surface area contributed by atoms with E-state index in [-0.39, 0.29) is 30.1 Å². The van der Waals surface area contributed by atoms with E-state index in [4.69, 9.17) is 4.74 Å². The fourth-order valence-electron chi connectivity index (χ4n) is 8.96. The number of Topliss-reactive ketones (excluding diaryl/α,β-unsaturated/α-hetero) is 1. The highest BCUT2D eigenvalue weighted by molar-refractivity contribution is 5.87. The first-order valence-corrected chi connectivity index (χ1v) is 14.8. The van der Waals surface area contributed by atoms with Gasteiger partial charge in [0.15, 0.2) is 0 Å². The van der Waals surface area contributed by atoms with E-state index < -0.39 is 23.0 Å². The van der Waals surface area contributed by atoms with Crippen molar-refractivity contribution in [1.82, 2.24) is 0 Å². The number of aliphatic hydroxyl groups is 1. The Morgan fingerprint density at radius 2 is 1.98 bits per heavy atom. The number of aliphatic hydroxyl groups excluding tert-OH is 1. The number of halogens is 1. The molecule has 0 amide bonds. The summed E-state index contributed by atoms with van der Waals surface area (Å²) in [7, 11) is 0. The van der Waals surface area contributed by atoms with E-state index in [2.05, 4.69) is 53.1 Å². The van der Waals surface area contributed by atoms with Crippen LogP contribution < -0.4 is 4.90 Å². The van der Waals surface area contributed by atoms with Crippen molar-refractivity contribution >= 4 is 11.5 Å². The molecule has 6 rings (SSSR count). The second-order valence-electron chi connectivity index (χ2n) is 12.5. The van der Waals surface area contributed by atoms with E-state index >= 15 is 4.39 Å². The highest BCUT2D eigenvalue weighted by Crippen LogP contribution is 2.69. The molecule has 1 heterocycles. The summed E-state index contributed by atoms with van der Waals surface area (Å²) in [5.41, 5.74) is 4.08. The van der Waals surface area contributed by atoms with Crippen LogP contribution in [-0.2, 0) is 9.53 Å². The number of carbonyl (C=O) groups is 1. The third-order valence-corrected chi connectivity index (χ3v) is 10.9. The van der Waals surface area contributed by atoms with Crippen molar-refractivity contribution < 1.29 is 19.0 Å². The number of nitroso groups, excluding NO2 is 1. The van der Waals surface area contributed by atoms with Crippen LogP contribution in [0.4, 0.5) is 10.1 Å². The molecule has 1 saturated heterocycles. The molecule has 7 heteroatoms. The average molecular weight is 547 g/mol. The van der Waals surface area contributed by atoms with Gasteiger partial charge in [0.1, 0.15) is 24.6 Å². The standard InChI is InChI=1S/C33H39FN2O4/c1-21(38)33(11-3-15-37)12-10-29-27-19-30(34)26-18-23(35-39)6-9-25(26)31(27)28(20-32(29,33)2)22-4-7-24(8-5-22)36-13-16-40-17-14-36/h4-5,7-8,18,23,27-30,37H,6,9-10,12-17,19-20H2,1-2H3/t23?,27-,28?,29-,30?,32-,33+/m0/s1. The Kier molecular flexibility index (Phi) is 7.21. The highest BCUT2D eigenvalue weighted by Gasteiger charge is 2.65. The molecule has 4 aliphatic carbocycles. The van der Waals surface area contributed by atoms with Gasteiger partial charge in [-0.05, 0) is 91.5 Å². The van der Waals surface area contributed by atoms with Crippen LogP contribution in [0, 0.1) is 39.4 Å². The summed E-state index contributed by atoms with van der Waals surface area (Å²) in [5, 5.41) is 12.8. The van der Waals surface area contributed by atoms with Crippen molar-refractivity contribution in [3.05, 3.63) is 57.5 Å². The van der Waals surface area contributed by atoms with E-state index in [1.54, 1.807) is 13.0 Å². The molecule has 3 fully saturated rings. The monoisotopic (exact) mass is 546 g/mol. The molecule has 7 atom stereocenters. The third kappa shape index (κ3) is 4.18. The molecule has 2 saturated carbocycles. The smallest absolute Gasteiger partial charge is 0.148 e. The lowest BCUT2D eigenvalue weighted by atomic mass is 9.48. The predicted molar refractivity (Wildman–Crippen MR) is 153 cm³/mol. The lowest BCUT2D eigenvalue weighted by molar-refractivity contribution is -0.130. The molecular formula is C33H39FN2O4. The quantitative estimate of drug-likeness (QED) is 0.398. The number of ether oxygens (including phenoxy) is 1. The van der Waals surface area contributed by atoms with Gasteiger partial charge in [-0.1, -0.05) is 47.7 Å². The number of alkyl halides is 1. The first-order chi connectivity index (χ1) is 19.3. The predicted octanol–water partition coefficient (Wildman–Crippen LogP) is 5.51. The Morgan fingerprint density at radius 3 is 2.65 bits per heavy atom. The number of hydrogen-bond acceptors (Lipinski definition) is 6. The zero-order chi connectivity index (χ0) is 28.1. The van der Waals surface area contributed by atoms with E-state index in [1.807, 2.05) is 0 Å². The van der Waals surface area contributed by atoms with E-state index in [1.165, 1.54) is 16.8 Å². The maximum Gasteiger partial charge on any atom is 0.148 e. The average Bonchev–Trinajstić information content (AvgIpc) is 3.29. The van der Waals surface area contributed by atoms with Gasteiger partial charge in [-0.2, -0.15) is 4.91 Å². The van der Waals surface area contributed by atoms with Crippen LogP contribution in [0.25, 0.3) is 0 Å². The zero-order valence-electron chi connectivity index (χ0n) is 23.5. The molecule has 0 radical (unpaired) electrons. The Labute approximate surface area is 236 Å². The summed E-state index contributed by atoms with van der Waals surface area (Å²) >= 11 is 0. The van der Waals surface area contributed by atoms with Crippen LogP contribution in [-0.4, -0.2) is 56.0 Å². The number of nitrogens with zero attached hydrogens (tertiary/aromatic N) is 2. The number of ketones is 1. The number of hydrogen-bond donors (Lipinski definition) is 1. The third-order valence-electron chi connectivity index (χ3n) is 10.9. The van der Waals surface area contributed by atoms with Gasteiger partial charge in [-0.3, -0.25) is 4.79 Å². The molecule has 3 unspecified atom stereocenters. The molecule has 1 aromatic carbocycles. The number of rotatable bonds is 4. The van der Waals surface area contributed by atoms with Crippen LogP contribution in [0.5, 0.6) is 0 Å². The number of carbonyl (C=O) groups excluding carboxylic acids is 1. The summed E-state index contributed by atoms with van der Waals surface area (Å²) in [6.45, 7) is 6.71. The van der Waals surface area contributed by atoms with Crippen molar-refractivity contribution in [2.45, 2.75) is 70.5 Å². The van der Waals surface area contributed by atoms with Gasteiger partial charge in [0.2, 0.25) is 0 Å². The topological polar surface area (TPSA) is 79.2 Å². The molecule has 1 N–H and O–H groups in total. The normalized spacial score (nSPS) is 37.0. The minimum Gasteiger partial charge on any atom is -0.384 e. The SMILES string of the molecule is CC(=O)[C@@]1(C#CCO)CC[C@H]2[C@@H]3CC(F)C4=CC(N=O)CCC4=C3C(c3ccc(N4CCOCC4)cc3)C[C@@]21C. The summed E-state index contributed by atoms with van der Waals surface area (Å²) in [4.78, 5) is 27.1. The summed E-state index contributed by atoms with van der Waals surface area (Å²) in [6, 6.07) is 8.30. The van der Waals surface area contributed by atoms with Gasteiger partial charge in [-0.25, -0.2) is 4.39 Å². The molecule has 1 aromatic rings. The van der Waals surface area contributed by atoms with Crippen molar-refractivity contribution in [2.24, 2.45) is 27.8 Å². The Bertz CT molecular complexity index is 1300. The number of anilines is 1. The summed E-state index contributed by atoms with van der Waals surface area (Å²) in [6.07, 6.45) is 4.43. The van der Waals surface area contributed by atoms with Gasteiger partial charge in [0, 0.05) is 24.7 Å². The Balaban J connectivity index is 1.49. The Morgan fingerprint density at radius 1 is 1.23 bits per heavy atom. The Hall–Kier alpha value is -2.82. The number of benzene rings is 1. The van der Waals surface area contributed by atoms with E-state index in [9.17, 15) is 14.8 Å². The van der Waals surface area contributed by atoms with Crippen LogP contribution in [0.3, 0.4) is 0 Å². The van der Waals surface area contributed by atoms with Gasteiger partial charge in [-0.15, -0.1) is 0 Å². The molecule has 6 nitrogen and oxygen atoms in total. The lowest BCUT2D eigenvalue weighted by Gasteiger charge is -2.55. The number of allylic oxidation sites excluding steroid dienone is 3. The molecule has 1 aliphatic heterocycles. The van der Waals surface area contributed by atoms with Gasteiger partial charge in [0.25, 0.3) is 0 Å². The van der Waals surface area contributed by atoms with Crippen molar-refractivity contribution in [3.8, 4) is 11.8 Å². The van der Waals surface area contributed by atoms with Crippen LogP contribution in [0.1, 0.15) is 63.9 Å². The molecule has 212 valence electrons. The first-order valence-electron chi connectivity index (χ1n) is 14.8. The van der Waals surface area contributed by atoms with Crippen LogP contribution in [0.2, 0.25) is 0 Å². The second kappa shape index (κ2) is 10.5. The number of fused-ring (bicyclic) bond motifs is 4. The fourth-order valence-corrected chi connectivity index (χ4v) is 8.96. The molecule has 0 spiro atoms. The summed E-state index contributed by atoms with van der Waals surface area (Å²) < 4.78 is 21.5. The molecule has 0 bridgehead atoms. The van der Waals surface area contributed by atoms with Crippen molar-refractivity contribution in [2.75, 3.05) is 37.8 Å². The molecule has 0 aromatic heterocycles. The van der Waals surface area contributed by atoms with Gasteiger partial charge >= 0.3 is 0 Å². The minimum absolute atomic E-state index is 0.00251. The minimum atomic E-state index is -1.14. The van der Waals surface area contributed by atoms with E-state index in [0.29, 0.717) is 31.3 Å². The molecular weight excluding hydrogens is 507 g/mol. The molecule has 5 aliphatic rings. The maximum atomic E-state index is 15.9. The molecule has 40 heavy (non-hydrogen) atoms. The first kappa shape index (κ1) is 27.4. The lowest BCUT2D eigenvalue weighted by Crippen LogP contribution is -2.51. The largest absolute Gasteiger partial charge is 0.384 e. The number of morpholine rings is 1. The van der Waals surface area contributed by atoms with Crippen molar-refractivity contribution in [3.63, 3.8) is 0 Å². The van der Waals surface area contributed by atoms with Crippen LogP contribution >= 0.6 is 0 Å². The highest BCUT2D eigenvalue weighted by atomic mass is 19.1. The van der Waals surface area contributed by atoms with Crippen molar-refractivity contribution in [1.29, 1.82) is 0 Å². The van der Waals surface area contributed by atoms with Gasteiger partial charge < -0.3 is 14.7 Å². The summed E-state index contributed by atoms with van der Waals surface area (Å²) in [5.74, 6) is 6.27.